The zero-order valence-electron chi connectivity index (χ0n) is 14.3. The summed E-state index contributed by atoms with van der Waals surface area (Å²) in [6.45, 7) is 4.81. The Morgan fingerprint density at radius 2 is 1.96 bits per heavy atom. The lowest BCUT2D eigenvalue weighted by molar-refractivity contribution is 0.0752. The molecule has 0 aliphatic carbocycles. The normalized spacial score (nSPS) is 14.5. The van der Waals surface area contributed by atoms with E-state index in [9.17, 15) is 9.59 Å². The van der Waals surface area contributed by atoms with Crippen LogP contribution >= 0.6 is 11.5 Å². The largest absolute Gasteiger partial charge is 0.395 e. The quantitative estimate of drug-likeness (QED) is 0.863. The molecule has 132 valence electrons. The van der Waals surface area contributed by atoms with Crippen LogP contribution < -0.4 is 16.0 Å². The SMILES string of the molecule is CNC(=O)c1nsc(C(=O)N2CCN(c3cccc(C)c3)CC2)c1N. The van der Waals surface area contributed by atoms with E-state index < -0.39 is 0 Å². The molecule has 1 aliphatic rings. The lowest BCUT2D eigenvalue weighted by Gasteiger charge is -2.36. The molecule has 1 aromatic heterocycles. The summed E-state index contributed by atoms with van der Waals surface area (Å²) in [7, 11) is 1.51. The molecule has 1 saturated heterocycles. The summed E-state index contributed by atoms with van der Waals surface area (Å²) in [4.78, 5) is 28.8. The highest BCUT2D eigenvalue weighted by atomic mass is 32.1. The van der Waals surface area contributed by atoms with Crippen LogP contribution in [0.25, 0.3) is 0 Å². The Balaban J connectivity index is 1.68. The van der Waals surface area contributed by atoms with Gasteiger partial charge in [-0.2, -0.15) is 4.37 Å². The monoisotopic (exact) mass is 359 g/mol. The smallest absolute Gasteiger partial charge is 0.272 e. The van der Waals surface area contributed by atoms with Gasteiger partial charge in [0.25, 0.3) is 11.8 Å². The third-order valence-corrected chi connectivity index (χ3v) is 5.15. The fourth-order valence-corrected chi connectivity index (χ4v) is 3.64. The van der Waals surface area contributed by atoms with E-state index in [1.807, 2.05) is 6.07 Å². The second-order valence-electron chi connectivity index (χ2n) is 5.97. The number of nitrogen functional groups attached to an aromatic ring is 1. The molecule has 1 aliphatic heterocycles. The number of aryl methyl sites for hydroxylation is 1. The van der Waals surface area contributed by atoms with Gasteiger partial charge in [0.15, 0.2) is 5.69 Å². The van der Waals surface area contributed by atoms with E-state index in [4.69, 9.17) is 5.73 Å². The molecule has 3 N–H and O–H groups in total. The van der Waals surface area contributed by atoms with Gasteiger partial charge in [0.1, 0.15) is 4.88 Å². The summed E-state index contributed by atoms with van der Waals surface area (Å²) in [6, 6.07) is 8.34. The van der Waals surface area contributed by atoms with Crippen molar-refractivity contribution in [3.8, 4) is 0 Å². The predicted octanol–water partition coefficient (Wildman–Crippen LogP) is 1.36. The van der Waals surface area contributed by atoms with Crippen molar-refractivity contribution in [2.45, 2.75) is 6.92 Å². The number of anilines is 2. The lowest BCUT2D eigenvalue weighted by atomic mass is 10.2. The Kier molecular flexibility index (Phi) is 4.89. The molecule has 0 saturated carbocycles. The standard InChI is InChI=1S/C17H21N5O2S/c1-11-4-3-5-12(10-11)21-6-8-22(9-7-21)17(24)15-13(18)14(20-25-15)16(23)19-2/h3-5,10H,6-9,18H2,1-2H3,(H,19,23). The number of piperazine rings is 1. The Morgan fingerprint density at radius 1 is 1.24 bits per heavy atom. The van der Waals surface area contributed by atoms with Crippen molar-refractivity contribution in [1.29, 1.82) is 0 Å². The van der Waals surface area contributed by atoms with Crippen molar-refractivity contribution in [2.24, 2.45) is 0 Å². The summed E-state index contributed by atoms with van der Waals surface area (Å²) in [5.74, 6) is -0.536. The fraction of sp³-hybridized carbons (Fsp3) is 0.353. The van der Waals surface area contributed by atoms with E-state index in [0.29, 0.717) is 18.0 Å². The van der Waals surface area contributed by atoms with E-state index >= 15 is 0 Å². The molecule has 0 bridgehead atoms. The van der Waals surface area contributed by atoms with Crippen molar-refractivity contribution in [3.63, 3.8) is 0 Å². The summed E-state index contributed by atoms with van der Waals surface area (Å²) in [5, 5.41) is 2.48. The summed E-state index contributed by atoms with van der Waals surface area (Å²) >= 11 is 0.980. The number of rotatable bonds is 3. The average molecular weight is 359 g/mol. The van der Waals surface area contributed by atoms with Crippen molar-refractivity contribution in [2.75, 3.05) is 43.9 Å². The van der Waals surface area contributed by atoms with Gasteiger partial charge < -0.3 is 20.9 Å². The van der Waals surface area contributed by atoms with Crippen LogP contribution in [0.1, 0.15) is 25.7 Å². The molecule has 1 fully saturated rings. The summed E-state index contributed by atoms with van der Waals surface area (Å²) < 4.78 is 4.02. The number of nitrogens with two attached hydrogens (primary N) is 1. The van der Waals surface area contributed by atoms with Crippen LogP contribution in [0.3, 0.4) is 0 Å². The van der Waals surface area contributed by atoms with Crippen LogP contribution in [0, 0.1) is 6.92 Å². The van der Waals surface area contributed by atoms with Gasteiger partial charge in [-0.05, 0) is 36.2 Å². The number of nitrogens with one attached hydrogen (secondary N) is 1. The van der Waals surface area contributed by atoms with Crippen LogP contribution in [0.5, 0.6) is 0 Å². The van der Waals surface area contributed by atoms with Gasteiger partial charge in [0.2, 0.25) is 0 Å². The lowest BCUT2D eigenvalue weighted by Crippen LogP contribution is -2.48. The first-order valence-corrected chi connectivity index (χ1v) is 8.86. The van der Waals surface area contributed by atoms with E-state index in [2.05, 4.69) is 39.7 Å². The first-order valence-electron chi connectivity index (χ1n) is 8.09. The van der Waals surface area contributed by atoms with E-state index in [-0.39, 0.29) is 23.2 Å². The molecule has 25 heavy (non-hydrogen) atoms. The number of amides is 2. The molecule has 0 radical (unpaired) electrons. The maximum atomic E-state index is 12.7. The fourth-order valence-electron chi connectivity index (χ4n) is 2.87. The maximum Gasteiger partial charge on any atom is 0.272 e. The highest BCUT2D eigenvalue weighted by molar-refractivity contribution is 7.09. The minimum Gasteiger partial charge on any atom is -0.395 e. The Morgan fingerprint density at radius 3 is 2.60 bits per heavy atom. The first-order chi connectivity index (χ1) is 12.0. The number of carbonyl (C=O) groups excluding carboxylic acids is 2. The molecule has 0 atom stereocenters. The Bertz CT molecular complexity index is 796. The van der Waals surface area contributed by atoms with Gasteiger partial charge >= 0.3 is 0 Å². The van der Waals surface area contributed by atoms with Crippen LogP contribution in [0.2, 0.25) is 0 Å². The highest BCUT2D eigenvalue weighted by Crippen LogP contribution is 2.25. The number of aromatic nitrogens is 1. The molecule has 7 nitrogen and oxygen atoms in total. The zero-order valence-corrected chi connectivity index (χ0v) is 15.1. The van der Waals surface area contributed by atoms with Crippen LogP contribution in [0.15, 0.2) is 24.3 Å². The van der Waals surface area contributed by atoms with Gasteiger partial charge in [-0.1, -0.05) is 12.1 Å². The maximum absolute atomic E-state index is 12.7. The van der Waals surface area contributed by atoms with Gasteiger partial charge in [0.05, 0.1) is 5.69 Å². The third-order valence-electron chi connectivity index (χ3n) is 4.30. The Hall–Kier alpha value is -2.61. The van der Waals surface area contributed by atoms with Gasteiger partial charge in [-0.3, -0.25) is 9.59 Å². The number of carbonyl (C=O) groups is 2. The molecule has 1 aromatic carbocycles. The van der Waals surface area contributed by atoms with Crippen LogP contribution in [0.4, 0.5) is 11.4 Å². The number of hydrogen-bond acceptors (Lipinski definition) is 6. The van der Waals surface area contributed by atoms with Crippen LogP contribution in [-0.4, -0.2) is 54.3 Å². The molecular weight excluding hydrogens is 338 g/mol. The summed E-state index contributed by atoms with van der Waals surface area (Å²) in [5.41, 5.74) is 8.62. The Labute approximate surface area is 150 Å². The number of nitrogens with zero attached hydrogens (tertiary/aromatic N) is 3. The van der Waals surface area contributed by atoms with Crippen molar-refractivity contribution >= 4 is 34.7 Å². The second kappa shape index (κ2) is 7.10. The molecule has 2 heterocycles. The van der Waals surface area contributed by atoms with Crippen molar-refractivity contribution in [3.05, 3.63) is 40.4 Å². The van der Waals surface area contributed by atoms with Crippen molar-refractivity contribution < 1.29 is 9.59 Å². The third kappa shape index (κ3) is 3.43. The van der Waals surface area contributed by atoms with E-state index in [1.54, 1.807) is 4.90 Å². The van der Waals surface area contributed by atoms with E-state index in [0.717, 1.165) is 24.6 Å². The van der Waals surface area contributed by atoms with E-state index in [1.165, 1.54) is 18.3 Å². The highest BCUT2D eigenvalue weighted by Gasteiger charge is 2.27. The molecule has 0 spiro atoms. The summed E-state index contributed by atoms with van der Waals surface area (Å²) in [6.07, 6.45) is 0. The van der Waals surface area contributed by atoms with Gasteiger partial charge in [-0.25, -0.2) is 0 Å². The second-order valence-corrected chi connectivity index (χ2v) is 6.74. The average Bonchev–Trinajstić information content (AvgIpc) is 3.02. The predicted molar refractivity (Wildman–Crippen MR) is 99.2 cm³/mol. The number of hydrogen-bond donors (Lipinski definition) is 2. The first kappa shape index (κ1) is 17.2. The van der Waals surface area contributed by atoms with Gasteiger partial charge in [-0.15, -0.1) is 0 Å². The molecule has 0 unspecified atom stereocenters. The topological polar surface area (TPSA) is 91.6 Å². The molecule has 2 amide bonds. The zero-order chi connectivity index (χ0) is 18.0. The van der Waals surface area contributed by atoms with Crippen LogP contribution in [-0.2, 0) is 0 Å². The molecule has 2 aromatic rings. The number of benzene rings is 1. The minimum atomic E-state index is -0.378. The molecule has 3 rings (SSSR count). The van der Waals surface area contributed by atoms with Crippen molar-refractivity contribution in [1.82, 2.24) is 14.6 Å². The minimum absolute atomic E-state index is 0.120. The molecular formula is C17H21N5O2S. The van der Waals surface area contributed by atoms with Gasteiger partial charge in [0, 0.05) is 38.9 Å². The molecule has 8 heteroatoms.